The summed E-state index contributed by atoms with van der Waals surface area (Å²) < 4.78 is 0. The van der Waals surface area contributed by atoms with Crippen LogP contribution in [0.5, 0.6) is 0 Å². The minimum absolute atomic E-state index is 0.0983. The molecule has 0 unspecified atom stereocenters. The second-order valence-electron chi connectivity index (χ2n) is 6.29. The van der Waals surface area contributed by atoms with Crippen molar-refractivity contribution < 1.29 is 4.79 Å². The highest BCUT2D eigenvalue weighted by Gasteiger charge is 2.22. The molecule has 138 valence electrons. The molecule has 2 N–H and O–H groups in total. The fourth-order valence-electron chi connectivity index (χ4n) is 3.01. The Bertz CT molecular complexity index is 712. The van der Waals surface area contributed by atoms with E-state index in [9.17, 15) is 4.79 Å². The van der Waals surface area contributed by atoms with Crippen LogP contribution in [0.1, 0.15) is 26.2 Å². The summed E-state index contributed by atoms with van der Waals surface area (Å²) in [4.78, 5) is 24.2. The van der Waals surface area contributed by atoms with E-state index >= 15 is 0 Å². The summed E-state index contributed by atoms with van der Waals surface area (Å²) in [5.41, 5.74) is 0.866. The maximum atomic E-state index is 12.5. The Morgan fingerprint density at radius 1 is 1.35 bits per heavy atom. The molecule has 1 aliphatic rings. The van der Waals surface area contributed by atoms with Crippen molar-refractivity contribution in [1.29, 1.82) is 0 Å². The van der Waals surface area contributed by atoms with Crippen LogP contribution in [0.3, 0.4) is 0 Å². The molecule has 7 heteroatoms. The lowest BCUT2D eigenvalue weighted by Crippen LogP contribution is -2.49. The number of hydrogen-bond acceptors (Lipinski definition) is 5. The molecule has 26 heavy (non-hydrogen) atoms. The van der Waals surface area contributed by atoms with Crippen LogP contribution >= 0.6 is 11.8 Å². The number of rotatable bonds is 6. The van der Waals surface area contributed by atoms with E-state index in [0.29, 0.717) is 0 Å². The van der Waals surface area contributed by atoms with E-state index in [1.54, 1.807) is 30.4 Å². The standard InChI is InChI=1S/C19H25N5OS/c1-2-12-26-17-8-4-3-7-16(17)23-19(25)22-15-6-5-11-24(14-15)18-13-20-9-10-21-18/h3-4,7-10,13,15H,2,5-6,11-12,14H2,1H3,(H2,22,23,25)/t15-/m1/s1. The van der Waals surface area contributed by atoms with Gasteiger partial charge in [0.2, 0.25) is 0 Å². The SMILES string of the molecule is CCCSc1ccccc1NC(=O)N[C@@H]1CCCN(c2cnccn2)C1. The molecule has 0 spiro atoms. The number of thioether (sulfide) groups is 1. The third-order valence-electron chi connectivity index (χ3n) is 4.23. The van der Waals surface area contributed by atoms with E-state index in [2.05, 4.69) is 32.4 Å². The predicted octanol–water partition coefficient (Wildman–Crippen LogP) is 3.77. The Balaban J connectivity index is 1.56. The first-order chi connectivity index (χ1) is 12.8. The van der Waals surface area contributed by atoms with Gasteiger partial charge in [0.05, 0.1) is 11.9 Å². The quantitative estimate of drug-likeness (QED) is 0.757. The van der Waals surface area contributed by atoms with Crippen molar-refractivity contribution in [2.45, 2.75) is 37.1 Å². The number of hydrogen-bond donors (Lipinski definition) is 2. The molecule has 1 aliphatic heterocycles. The number of carbonyl (C=O) groups is 1. The first kappa shape index (κ1) is 18.5. The number of benzene rings is 1. The molecular formula is C19H25N5OS. The summed E-state index contributed by atoms with van der Waals surface area (Å²) in [5, 5.41) is 6.11. The number of urea groups is 1. The maximum absolute atomic E-state index is 12.5. The van der Waals surface area contributed by atoms with Gasteiger partial charge >= 0.3 is 6.03 Å². The molecule has 1 atom stereocenters. The van der Waals surface area contributed by atoms with Crippen LogP contribution in [0.25, 0.3) is 0 Å². The Hall–Kier alpha value is -2.28. The van der Waals surface area contributed by atoms with Gasteiger partial charge in [-0.05, 0) is 37.1 Å². The highest BCUT2D eigenvalue weighted by Crippen LogP contribution is 2.27. The fourth-order valence-corrected chi connectivity index (χ4v) is 3.88. The zero-order chi connectivity index (χ0) is 18.2. The van der Waals surface area contributed by atoms with Gasteiger partial charge < -0.3 is 15.5 Å². The van der Waals surface area contributed by atoms with Crippen molar-refractivity contribution in [3.8, 4) is 0 Å². The number of aromatic nitrogens is 2. The molecule has 3 rings (SSSR count). The summed E-state index contributed by atoms with van der Waals surface area (Å²) in [7, 11) is 0. The summed E-state index contributed by atoms with van der Waals surface area (Å²) in [6.07, 6.45) is 8.23. The minimum Gasteiger partial charge on any atom is -0.353 e. The van der Waals surface area contributed by atoms with E-state index in [-0.39, 0.29) is 12.1 Å². The molecule has 0 aliphatic carbocycles. The average Bonchev–Trinajstić information content (AvgIpc) is 2.68. The van der Waals surface area contributed by atoms with Gasteiger partial charge in [0.1, 0.15) is 5.82 Å². The number of anilines is 2. The number of nitrogens with one attached hydrogen (secondary N) is 2. The number of amides is 2. The number of nitrogens with zero attached hydrogens (tertiary/aromatic N) is 3. The normalized spacial score (nSPS) is 17.0. The van der Waals surface area contributed by atoms with Crippen molar-refractivity contribution in [1.82, 2.24) is 15.3 Å². The second kappa shape index (κ2) is 9.43. The van der Waals surface area contributed by atoms with Gasteiger partial charge in [0.25, 0.3) is 0 Å². The summed E-state index contributed by atoms with van der Waals surface area (Å²) >= 11 is 1.77. The van der Waals surface area contributed by atoms with Gasteiger partial charge in [0, 0.05) is 36.4 Å². The molecule has 1 saturated heterocycles. The van der Waals surface area contributed by atoms with Crippen LogP contribution in [-0.4, -0.2) is 40.9 Å². The molecule has 2 heterocycles. The van der Waals surface area contributed by atoms with E-state index in [0.717, 1.165) is 54.5 Å². The van der Waals surface area contributed by atoms with E-state index in [1.807, 2.05) is 24.3 Å². The summed E-state index contributed by atoms with van der Waals surface area (Å²) in [6.45, 7) is 3.84. The van der Waals surface area contributed by atoms with E-state index in [1.165, 1.54) is 0 Å². The molecule has 1 fully saturated rings. The van der Waals surface area contributed by atoms with E-state index < -0.39 is 0 Å². The van der Waals surface area contributed by atoms with Gasteiger partial charge in [-0.2, -0.15) is 0 Å². The monoisotopic (exact) mass is 371 g/mol. The lowest BCUT2D eigenvalue weighted by atomic mass is 10.1. The molecule has 0 radical (unpaired) electrons. The minimum atomic E-state index is -0.152. The Morgan fingerprint density at radius 3 is 3.04 bits per heavy atom. The van der Waals surface area contributed by atoms with Crippen LogP contribution in [0.4, 0.5) is 16.3 Å². The van der Waals surface area contributed by atoms with Crippen LogP contribution in [0.15, 0.2) is 47.8 Å². The molecule has 1 aromatic carbocycles. The van der Waals surface area contributed by atoms with Crippen molar-refractivity contribution in [2.75, 3.05) is 29.1 Å². The summed E-state index contributed by atoms with van der Waals surface area (Å²) in [5.74, 6) is 1.90. The molecule has 2 amide bonds. The van der Waals surface area contributed by atoms with Crippen LogP contribution < -0.4 is 15.5 Å². The average molecular weight is 372 g/mol. The largest absolute Gasteiger partial charge is 0.353 e. The van der Waals surface area contributed by atoms with Gasteiger partial charge in [0.15, 0.2) is 0 Å². The van der Waals surface area contributed by atoms with Crippen molar-refractivity contribution in [2.24, 2.45) is 0 Å². The first-order valence-electron chi connectivity index (χ1n) is 9.06. The third-order valence-corrected chi connectivity index (χ3v) is 5.51. The van der Waals surface area contributed by atoms with Crippen molar-refractivity contribution in [3.63, 3.8) is 0 Å². The van der Waals surface area contributed by atoms with E-state index in [4.69, 9.17) is 0 Å². The zero-order valence-corrected chi connectivity index (χ0v) is 15.8. The van der Waals surface area contributed by atoms with Crippen LogP contribution in [0, 0.1) is 0 Å². The maximum Gasteiger partial charge on any atom is 0.319 e. The van der Waals surface area contributed by atoms with Crippen molar-refractivity contribution in [3.05, 3.63) is 42.9 Å². The smallest absolute Gasteiger partial charge is 0.319 e. The Kier molecular flexibility index (Phi) is 6.71. The Labute approximate surface area is 158 Å². The number of piperidine rings is 1. The lowest BCUT2D eigenvalue weighted by molar-refractivity contribution is 0.246. The highest BCUT2D eigenvalue weighted by atomic mass is 32.2. The first-order valence-corrected chi connectivity index (χ1v) is 10.0. The van der Waals surface area contributed by atoms with Gasteiger partial charge in [-0.3, -0.25) is 4.98 Å². The predicted molar refractivity (Wildman–Crippen MR) is 107 cm³/mol. The summed E-state index contributed by atoms with van der Waals surface area (Å²) in [6, 6.07) is 7.89. The van der Waals surface area contributed by atoms with Crippen molar-refractivity contribution >= 4 is 29.3 Å². The molecule has 6 nitrogen and oxygen atoms in total. The number of carbonyl (C=O) groups excluding carboxylic acids is 1. The van der Waals surface area contributed by atoms with Gasteiger partial charge in [-0.1, -0.05) is 19.1 Å². The molecular weight excluding hydrogens is 346 g/mol. The molecule has 1 aromatic heterocycles. The van der Waals surface area contributed by atoms with Gasteiger partial charge in [-0.15, -0.1) is 11.8 Å². The fraction of sp³-hybridized carbons (Fsp3) is 0.421. The lowest BCUT2D eigenvalue weighted by Gasteiger charge is -2.33. The van der Waals surface area contributed by atoms with Crippen LogP contribution in [0.2, 0.25) is 0 Å². The molecule has 0 bridgehead atoms. The van der Waals surface area contributed by atoms with Crippen LogP contribution in [-0.2, 0) is 0 Å². The molecule has 2 aromatic rings. The number of para-hydroxylation sites is 1. The molecule has 0 saturated carbocycles. The van der Waals surface area contributed by atoms with Gasteiger partial charge in [-0.25, -0.2) is 9.78 Å². The zero-order valence-electron chi connectivity index (χ0n) is 15.0. The topological polar surface area (TPSA) is 70.2 Å². The second-order valence-corrected chi connectivity index (χ2v) is 7.43. The highest BCUT2D eigenvalue weighted by molar-refractivity contribution is 7.99. The Morgan fingerprint density at radius 2 is 2.23 bits per heavy atom. The third kappa shape index (κ3) is 5.11.